The zero-order valence-electron chi connectivity index (χ0n) is 17.5. The SMILES string of the molecule is COCc1nn2c3c(cnc2c1-c1ccccc1)C(=O)C[C@@H](c1ccc(OC)cc1)C3. The van der Waals surface area contributed by atoms with E-state index >= 15 is 0 Å². The number of rotatable bonds is 5. The summed E-state index contributed by atoms with van der Waals surface area (Å²) in [5, 5.41) is 4.84. The van der Waals surface area contributed by atoms with E-state index in [4.69, 9.17) is 14.6 Å². The van der Waals surface area contributed by atoms with Crippen LogP contribution in [0, 0.1) is 0 Å². The molecular formula is C25H23N3O3. The summed E-state index contributed by atoms with van der Waals surface area (Å²) in [7, 11) is 3.31. The molecule has 0 unspecified atom stereocenters. The average molecular weight is 413 g/mol. The predicted octanol–water partition coefficient (Wildman–Crippen LogP) is 4.46. The van der Waals surface area contributed by atoms with Crippen LogP contribution in [0.1, 0.15) is 39.6 Å². The first-order chi connectivity index (χ1) is 15.2. The van der Waals surface area contributed by atoms with Crippen LogP contribution in [0.15, 0.2) is 60.8 Å². The van der Waals surface area contributed by atoms with Crippen LogP contribution < -0.4 is 4.74 Å². The number of carbonyl (C=O) groups is 1. The smallest absolute Gasteiger partial charge is 0.166 e. The van der Waals surface area contributed by atoms with Crippen molar-refractivity contribution in [2.45, 2.75) is 25.4 Å². The molecule has 0 saturated carbocycles. The Morgan fingerprint density at radius 1 is 1.03 bits per heavy atom. The molecule has 2 aromatic heterocycles. The lowest BCUT2D eigenvalue weighted by atomic mass is 9.82. The van der Waals surface area contributed by atoms with Gasteiger partial charge in [0.1, 0.15) is 5.75 Å². The van der Waals surface area contributed by atoms with Crippen molar-refractivity contribution >= 4 is 11.4 Å². The minimum Gasteiger partial charge on any atom is -0.497 e. The van der Waals surface area contributed by atoms with E-state index in [2.05, 4.69) is 4.98 Å². The van der Waals surface area contributed by atoms with Crippen LogP contribution in [-0.4, -0.2) is 34.6 Å². The summed E-state index contributed by atoms with van der Waals surface area (Å²) in [6.45, 7) is 0.373. The summed E-state index contributed by atoms with van der Waals surface area (Å²) >= 11 is 0. The number of hydrogen-bond donors (Lipinski definition) is 0. The highest BCUT2D eigenvalue weighted by Gasteiger charge is 2.30. The van der Waals surface area contributed by atoms with E-state index in [0.717, 1.165) is 45.9 Å². The minimum absolute atomic E-state index is 0.0896. The summed E-state index contributed by atoms with van der Waals surface area (Å²) in [6, 6.07) is 18.0. The summed E-state index contributed by atoms with van der Waals surface area (Å²) in [5.74, 6) is 0.995. The molecule has 2 aromatic carbocycles. The monoisotopic (exact) mass is 413 g/mol. The van der Waals surface area contributed by atoms with Gasteiger partial charge in [0.25, 0.3) is 0 Å². The Hall–Kier alpha value is -3.51. The van der Waals surface area contributed by atoms with Crippen LogP contribution in [0.5, 0.6) is 5.75 Å². The minimum atomic E-state index is 0.0896. The van der Waals surface area contributed by atoms with Crippen LogP contribution in [0.4, 0.5) is 0 Å². The quantitative estimate of drug-likeness (QED) is 0.483. The second-order valence-electron chi connectivity index (χ2n) is 7.78. The predicted molar refractivity (Wildman–Crippen MR) is 118 cm³/mol. The highest BCUT2D eigenvalue weighted by atomic mass is 16.5. The maximum absolute atomic E-state index is 13.0. The van der Waals surface area contributed by atoms with Gasteiger partial charge in [-0.1, -0.05) is 42.5 Å². The molecule has 0 aliphatic heterocycles. The van der Waals surface area contributed by atoms with Crippen LogP contribution in [0.2, 0.25) is 0 Å². The van der Waals surface area contributed by atoms with Crippen LogP contribution in [0.3, 0.4) is 0 Å². The normalized spacial score (nSPS) is 15.8. The third kappa shape index (κ3) is 3.39. The number of Topliss-reactive ketones (excluding diaryl/α,β-unsaturated/α-hetero) is 1. The van der Waals surface area contributed by atoms with Crippen molar-refractivity contribution in [2.24, 2.45) is 0 Å². The number of carbonyl (C=O) groups excluding carboxylic acids is 1. The fraction of sp³-hybridized carbons (Fsp3) is 0.240. The summed E-state index contributed by atoms with van der Waals surface area (Å²) < 4.78 is 12.5. The van der Waals surface area contributed by atoms with Crippen molar-refractivity contribution in [2.75, 3.05) is 14.2 Å². The van der Waals surface area contributed by atoms with Gasteiger partial charge in [-0.15, -0.1) is 0 Å². The van der Waals surface area contributed by atoms with Crippen LogP contribution >= 0.6 is 0 Å². The number of ketones is 1. The third-order valence-corrected chi connectivity index (χ3v) is 5.92. The number of methoxy groups -OCH3 is 2. The zero-order valence-corrected chi connectivity index (χ0v) is 17.5. The lowest BCUT2D eigenvalue weighted by Crippen LogP contribution is -2.22. The van der Waals surface area contributed by atoms with Gasteiger partial charge >= 0.3 is 0 Å². The Bertz CT molecular complexity index is 1250. The van der Waals surface area contributed by atoms with Crippen molar-refractivity contribution < 1.29 is 14.3 Å². The first kappa shape index (κ1) is 19.5. The maximum Gasteiger partial charge on any atom is 0.166 e. The maximum atomic E-state index is 13.0. The van der Waals surface area contributed by atoms with Gasteiger partial charge in [0.15, 0.2) is 11.4 Å². The van der Waals surface area contributed by atoms with Crippen molar-refractivity contribution in [3.05, 3.63) is 83.3 Å². The molecule has 0 radical (unpaired) electrons. The number of ether oxygens (including phenoxy) is 2. The van der Waals surface area contributed by atoms with Gasteiger partial charge in [-0.2, -0.15) is 5.10 Å². The number of benzene rings is 2. The van der Waals surface area contributed by atoms with Crippen molar-refractivity contribution in [1.29, 1.82) is 0 Å². The Morgan fingerprint density at radius 2 is 1.81 bits per heavy atom. The molecule has 0 N–H and O–H groups in total. The summed E-state index contributed by atoms with van der Waals surface area (Å²) in [5.41, 5.74) is 6.23. The van der Waals surface area contributed by atoms with Crippen molar-refractivity contribution in [3.8, 4) is 16.9 Å². The largest absolute Gasteiger partial charge is 0.497 e. The number of nitrogens with zero attached hydrogens (tertiary/aromatic N) is 3. The molecule has 5 rings (SSSR count). The molecule has 31 heavy (non-hydrogen) atoms. The number of hydrogen-bond acceptors (Lipinski definition) is 5. The van der Waals surface area contributed by atoms with Gasteiger partial charge in [-0.05, 0) is 35.6 Å². The highest BCUT2D eigenvalue weighted by Crippen LogP contribution is 2.36. The van der Waals surface area contributed by atoms with Crippen LogP contribution in [0.25, 0.3) is 16.8 Å². The van der Waals surface area contributed by atoms with E-state index in [1.54, 1.807) is 20.4 Å². The molecule has 156 valence electrons. The Labute approximate surface area is 180 Å². The molecular weight excluding hydrogens is 390 g/mol. The van der Waals surface area contributed by atoms with Gasteiger partial charge in [0.05, 0.1) is 36.2 Å². The lowest BCUT2D eigenvalue weighted by molar-refractivity contribution is 0.0962. The summed E-state index contributed by atoms with van der Waals surface area (Å²) in [4.78, 5) is 17.6. The first-order valence-corrected chi connectivity index (χ1v) is 10.3. The van der Waals surface area contributed by atoms with E-state index in [1.807, 2.05) is 59.1 Å². The number of aromatic nitrogens is 3. The molecule has 0 bridgehead atoms. The molecule has 1 atom stereocenters. The molecule has 1 aliphatic carbocycles. The molecule has 0 amide bonds. The third-order valence-electron chi connectivity index (χ3n) is 5.92. The van der Waals surface area contributed by atoms with E-state index in [-0.39, 0.29) is 11.7 Å². The van der Waals surface area contributed by atoms with E-state index in [9.17, 15) is 4.79 Å². The molecule has 1 aliphatic rings. The average Bonchev–Trinajstić information content (AvgIpc) is 3.18. The fourth-order valence-electron chi connectivity index (χ4n) is 4.39. The molecule has 0 fully saturated rings. The molecule has 6 nitrogen and oxygen atoms in total. The lowest BCUT2D eigenvalue weighted by Gasteiger charge is -2.24. The standard InChI is InChI=1S/C25H23N3O3/c1-30-15-21-24(17-6-4-3-5-7-17)25-26-14-20-22(28(25)27-21)12-18(13-23(20)29)16-8-10-19(31-2)11-9-16/h3-11,14,18H,12-13,15H2,1-2H3/t18-/m0/s1. The molecule has 0 spiro atoms. The number of fused-ring (bicyclic) bond motifs is 3. The van der Waals surface area contributed by atoms with Gasteiger partial charge in [-0.3, -0.25) is 4.79 Å². The zero-order chi connectivity index (χ0) is 21.4. The second kappa shape index (κ2) is 7.96. The Kier molecular flexibility index (Phi) is 5.00. The Balaban J connectivity index is 1.64. The molecule has 4 aromatic rings. The first-order valence-electron chi connectivity index (χ1n) is 10.3. The fourth-order valence-corrected chi connectivity index (χ4v) is 4.39. The van der Waals surface area contributed by atoms with E-state index < -0.39 is 0 Å². The van der Waals surface area contributed by atoms with Gasteiger partial charge in [0, 0.05) is 19.7 Å². The van der Waals surface area contributed by atoms with Gasteiger partial charge < -0.3 is 9.47 Å². The Morgan fingerprint density at radius 3 is 2.52 bits per heavy atom. The van der Waals surface area contributed by atoms with E-state index in [0.29, 0.717) is 18.6 Å². The van der Waals surface area contributed by atoms with Gasteiger partial charge in [-0.25, -0.2) is 9.50 Å². The summed E-state index contributed by atoms with van der Waals surface area (Å²) in [6.07, 6.45) is 2.89. The topological polar surface area (TPSA) is 65.7 Å². The highest BCUT2D eigenvalue weighted by molar-refractivity contribution is 5.99. The molecule has 2 heterocycles. The van der Waals surface area contributed by atoms with Crippen LogP contribution in [-0.2, 0) is 17.8 Å². The van der Waals surface area contributed by atoms with Gasteiger partial charge in [0.2, 0.25) is 0 Å². The molecule has 0 saturated heterocycles. The van der Waals surface area contributed by atoms with E-state index in [1.165, 1.54) is 0 Å². The second-order valence-corrected chi connectivity index (χ2v) is 7.78. The van der Waals surface area contributed by atoms with Crippen molar-refractivity contribution in [1.82, 2.24) is 14.6 Å². The molecule has 6 heteroatoms. The van der Waals surface area contributed by atoms with Crippen molar-refractivity contribution in [3.63, 3.8) is 0 Å².